The van der Waals surface area contributed by atoms with Crippen molar-refractivity contribution in [3.8, 4) is 17.3 Å². The van der Waals surface area contributed by atoms with Crippen LogP contribution in [-0.2, 0) is 13.8 Å². The SMILES string of the molecule is Cc1cc(-c2cc(C#N)c(=O)n(CO)c2C)n(C)n1. The lowest BCUT2D eigenvalue weighted by Gasteiger charge is -2.12. The lowest BCUT2D eigenvalue weighted by atomic mass is 10.1. The van der Waals surface area contributed by atoms with Gasteiger partial charge in [0.1, 0.15) is 18.4 Å². The van der Waals surface area contributed by atoms with Gasteiger partial charge in [-0.2, -0.15) is 10.4 Å². The summed E-state index contributed by atoms with van der Waals surface area (Å²) in [6.07, 6.45) is 0. The van der Waals surface area contributed by atoms with E-state index < -0.39 is 12.3 Å². The minimum absolute atomic E-state index is 0.00787. The van der Waals surface area contributed by atoms with Crippen molar-refractivity contribution >= 4 is 0 Å². The number of aliphatic hydroxyl groups excluding tert-OH is 1. The van der Waals surface area contributed by atoms with Crippen molar-refractivity contribution in [3.63, 3.8) is 0 Å². The van der Waals surface area contributed by atoms with Gasteiger partial charge in [0.05, 0.1) is 11.4 Å². The van der Waals surface area contributed by atoms with E-state index >= 15 is 0 Å². The molecular weight excluding hydrogens is 244 g/mol. The highest BCUT2D eigenvalue weighted by molar-refractivity contribution is 5.64. The van der Waals surface area contributed by atoms with E-state index in [4.69, 9.17) is 5.26 Å². The van der Waals surface area contributed by atoms with Gasteiger partial charge in [0, 0.05) is 18.3 Å². The smallest absolute Gasteiger partial charge is 0.270 e. The van der Waals surface area contributed by atoms with E-state index in [0.29, 0.717) is 11.3 Å². The van der Waals surface area contributed by atoms with E-state index in [-0.39, 0.29) is 5.56 Å². The topological polar surface area (TPSA) is 83.8 Å². The van der Waals surface area contributed by atoms with Crippen molar-refractivity contribution in [2.75, 3.05) is 0 Å². The van der Waals surface area contributed by atoms with Gasteiger partial charge in [-0.05, 0) is 26.0 Å². The van der Waals surface area contributed by atoms with Crippen molar-refractivity contribution in [2.45, 2.75) is 20.6 Å². The third kappa shape index (κ3) is 2.04. The van der Waals surface area contributed by atoms with Crippen molar-refractivity contribution in [3.05, 3.63) is 39.4 Å². The third-order valence-corrected chi connectivity index (χ3v) is 3.10. The van der Waals surface area contributed by atoms with Crippen LogP contribution in [0.25, 0.3) is 11.3 Å². The molecule has 0 aromatic carbocycles. The number of nitriles is 1. The molecule has 98 valence electrons. The fourth-order valence-corrected chi connectivity index (χ4v) is 2.13. The minimum Gasteiger partial charge on any atom is -0.376 e. The summed E-state index contributed by atoms with van der Waals surface area (Å²) in [4.78, 5) is 11.9. The number of rotatable bonds is 2. The van der Waals surface area contributed by atoms with Crippen molar-refractivity contribution < 1.29 is 5.11 Å². The first kappa shape index (κ1) is 13.1. The summed E-state index contributed by atoms with van der Waals surface area (Å²) in [5.74, 6) is 0. The Balaban J connectivity index is 2.82. The molecule has 6 heteroatoms. The first-order valence-corrected chi connectivity index (χ1v) is 5.76. The highest BCUT2D eigenvalue weighted by atomic mass is 16.3. The zero-order valence-corrected chi connectivity index (χ0v) is 11.0. The van der Waals surface area contributed by atoms with Crippen LogP contribution < -0.4 is 5.56 Å². The first-order chi connectivity index (χ1) is 8.99. The Kier molecular flexibility index (Phi) is 3.23. The maximum Gasteiger partial charge on any atom is 0.270 e. The highest BCUT2D eigenvalue weighted by Crippen LogP contribution is 2.23. The zero-order chi connectivity index (χ0) is 14.2. The highest BCUT2D eigenvalue weighted by Gasteiger charge is 2.15. The molecule has 2 aromatic heterocycles. The molecule has 1 N–H and O–H groups in total. The van der Waals surface area contributed by atoms with Crippen LogP contribution in [-0.4, -0.2) is 19.5 Å². The van der Waals surface area contributed by atoms with Crippen LogP contribution in [0.5, 0.6) is 0 Å². The lowest BCUT2D eigenvalue weighted by Crippen LogP contribution is -2.25. The van der Waals surface area contributed by atoms with Crippen LogP contribution >= 0.6 is 0 Å². The van der Waals surface area contributed by atoms with Crippen molar-refractivity contribution in [1.29, 1.82) is 5.26 Å². The molecule has 0 radical (unpaired) electrons. The molecule has 2 aromatic rings. The van der Waals surface area contributed by atoms with Gasteiger partial charge in [0.25, 0.3) is 5.56 Å². The normalized spacial score (nSPS) is 10.5. The Labute approximate surface area is 110 Å². The molecule has 0 aliphatic heterocycles. The molecule has 0 saturated heterocycles. The molecule has 0 amide bonds. The number of pyridine rings is 1. The number of hydrogen-bond donors (Lipinski definition) is 1. The van der Waals surface area contributed by atoms with Crippen LogP contribution in [0.15, 0.2) is 16.9 Å². The Bertz CT molecular complexity index is 734. The molecule has 0 saturated carbocycles. The number of hydrogen-bond acceptors (Lipinski definition) is 4. The van der Waals surface area contributed by atoms with Gasteiger partial charge in [-0.3, -0.25) is 14.0 Å². The summed E-state index contributed by atoms with van der Waals surface area (Å²) < 4.78 is 2.86. The second kappa shape index (κ2) is 4.71. The molecule has 6 nitrogen and oxygen atoms in total. The maximum atomic E-state index is 11.9. The Morgan fingerprint density at radius 3 is 2.58 bits per heavy atom. The number of aromatic nitrogens is 3. The molecule has 0 aliphatic carbocycles. The molecule has 0 spiro atoms. The van der Waals surface area contributed by atoms with Crippen LogP contribution in [0.4, 0.5) is 0 Å². The van der Waals surface area contributed by atoms with Crippen LogP contribution in [0.3, 0.4) is 0 Å². The van der Waals surface area contributed by atoms with Gasteiger partial charge < -0.3 is 5.11 Å². The summed E-state index contributed by atoms with van der Waals surface area (Å²) in [5.41, 5.74) is 2.49. The molecule has 0 atom stereocenters. The quantitative estimate of drug-likeness (QED) is 0.858. The molecule has 0 bridgehead atoms. The average molecular weight is 258 g/mol. The second-order valence-corrected chi connectivity index (χ2v) is 4.34. The standard InChI is InChI=1S/C13H14N4O2/c1-8-4-12(16(3)15-8)11-5-10(6-14)13(19)17(7-18)9(11)2/h4-5,18H,7H2,1-3H3. The van der Waals surface area contributed by atoms with Gasteiger partial charge in [-0.1, -0.05) is 0 Å². The lowest BCUT2D eigenvalue weighted by molar-refractivity contribution is 0.203. The summed E-state index contributed by atoms with van der Waals surface area (Å²) in [6.45, 7) is 3.15. The zero-order valence-electron chi connectivity index (χ0n) is 11.0. The summed E-state index contributed by atoms with van der Waals surface area (Å²) in [7, 11) is 1.79. The van der Waals surface area contributed by atoms with Gasteiger partial charge in [-0.15, -0.1) is 0 Å². The van der Waals surface area contributed by atoms with E-state index in [9.17, 15) is 9.90 Å². The monoisotopic (exact) mass is 258 g/mol. The van der Waals surface area contributed by atoms with Gasteiger partial charge in [-0.25, -0.2) is 0 Å². The van der Waals surface area contributed by atoms with Gasteiger partial charge >= 0.3 is 0 Å². The molecule has 19 heavy (non-hydrogen) atoms. The van der Waals surface area contributed by atoms with Gasteiger partial charge in [0.15, 0.2) is 0 Å². The third-order valence-electron chi connectivity index (χ3n) is 3.10. The number of aryl methyl sites for hydroxylation is 2. The first-order valence-electron chi connectivity index (χ1n) is 5.76. The van der Waals surface area contributed by atoms with Crippen LogP contribution in [0.1, 0.15) is 17.0 Å². The Hall–Kier alpha value is -2.39. The molecular formula is C13H14N4O2. The van der Waals surface area contributed by atoms with E-state index in [1.165, 1.54) is 4.57 Å². The molecule has 2 heterocycles. The Morgan fingerprint density at radius 1 is 1.42 bits per heavy atom. The minimum atomic E-state index is -0.481. The average Bonchev–Trinajstić information content (AvgIpc) is 2.69. The van der Waals surface area contributed by atoms with Crippen molar-refractivity contribution in [2.24, 2.45) is 7.05 Å². The fraction of sp³-hybridized carbons (Fsp3) is 0.308. The van der Waals surface area contributed by atoms with E-state index in [1.807, 2.05) is 19.1 Å². The fourth-order valence-electron chi connectivity index (χ4n) is 2.13. The summed E-state index contributed by atoms with van der Waals surface area (Å²) >= 11 is 0. The summed E-state index contributed by atoms with van der Waals surface area (Å²) in [5, 5.41) is 22.5. The van der Waals surface area contributed by atoms with Gasteiger partial charge in [0.2, 0.25) is 0 Å². The predicted octanol–water partition coefficient (Wildman–Crippen LogP) is 0.687. The molecule has 0 fully saturated rings. The van der Waals surface area contributed by atoms with E-state index in [0.717, 1.165) is 11.4 Å². The van der Waals surface area contributed by atoms with Crippen LogP contribution in [0.2, 0.25) is 0 Å². The maximum absolute atomic E-state index is 11.9. The largest absolute Gasteiger partial charge is 0.376 e. The van der Waals surface area contributed by atoms with Crippen molar-refractivity contribution in [1.82, 2.24) is 14.3 Å². The molecule has 0 aliphatic rings. The van der Waals surface area contributed by atoms with Crippen LogP contribution in [0, 0.1) is 25.2 Å². The van der Waals surface area contributed by atoms with E-state index in [2.05, 4.69) is 5.10 Å². The number of aliphatic hydroxyl groups is 1. The second-order valence-electron chi connectivity index (χ2n) is 4.34. The molecule has 0 unspecified atom stereocenters. The van der Waals surface area contributed by atoms with E-state index in [1.54, 1.807) is 24.7 Å². The summed E-state index contributed by atoms with van der Waals surface area (Å²) in [6, 6.07) is 5.27. The number of nitrogens with zero attached hydrogens (tertiary/aromatic N) is 4. The predicted molar refractivity (Wildman–Crippen MR) is 69.3 cm³/mol. The Morgan fingerprint density at radius 2 is 2.11 bits per heavy atom. The molecule has 2 rings (SSSR count).